The summed E-state index contributed by atoms with van der Waals surface area (Å²) in [5.74, 6) is -0.406. The van der Waals surface area contributed by atoms with Gasteiger partial charge in [-0.15, -0.1) is 0 Å². The Morgan fingerprint density at radius 1 is 1.43 bits per heavy atom. The number of amides is 1. The summed E-state index contributed by atoms with van der Waals surface area (Å²) < 4.78 is 28.3. The second kappa shape index (κ2) is 7.93. The Bertz CT molecular complexity index is 646. The summed E-state index contributed by atoms with van der Waals surface area (Å²) in [5, 5.41) is 2.63. The monoisotopic (exact) mass is 395 g/mol. The van der Waals surface area contributed by atoms with Crippen LogP contribution in [0.2, 0.25) is 0 Å². The standard InChI is InChI=1S/C13H15BrClNO4S/c1-9(2)8-20-4-3-16-13(17)10-5-11(14)7-12(6-10)21(15,18)19/h5-7H,1,3-4,8H2,2H3,(H,16,17). The van der Waals surface area contributed by atoms with Crippen molar-refractivity contribution in [1.29, 1.82) is 0 Å². The zero-order chi connectivity index (χ0) is 16.0. The fourth-order valence-corrected chi connectivity index (χ4v) is 2.87. The largest absolute Gasteiger partial charge is 0.375 e. The van der Waals surface area contributed by atoms with Gasteiger partial charge >= 0.3 is 0 Å². The highest BCUT2D eigenvalue weighted by Gasteiger charge is 2.15. The van der Waals surface area contributed by atoms with Crippen LogP contribution in [0.3, 0.4) is 0 Å². The number of benzene rings is 1. The molecule has 5 nitrogen and oxygen atoms in total. The Labute approximate surface area is 136 Å². The lowest BCUT2D eigenvalue weighted by molar-refractivity contribution is 0.0926. The molecule has 21 heavy (non-hydrogen) atoms. The fourth-order valence-electron chi connectivity index (χ4n) is 1.42. The van der Waals surface area contributed by atoms with E-state index in [0.717, 1.165) is 5.57 Å². The molecule has 0 atom stereocenters. The fraction of sp³-hybridized carbons (Fsp3) is 0.308. The number of nitrogens with one attached hydrogen (secondary N) is 1. The lowest BCUT2D eigenvalue weighted by atomic mass is 10.2. The van der Waals surface area contributed by atoms with E-state index in [-0.39, 0.29) is 10.5 Å². The Kier molecular flexibility index (Phi) is 6.86. The van der Waals surface area contributed by atoms with Crippen LogP contribution in [-0.2, 0) is 13.8 Å². The predicted molar refractivity (Wildman–Crippen MR) is 85.1 cm³/mol. The minimum atomic E-state index is -3.89. The zero-order valence-corrected chi connectivity index (χ0v) is 14.5. The van der Waals surface area contributed by atoms with E-state index in [0.29, 0.717) is 24.2 Å². The molecular formula is C13H15BrClNO4S. The molecule has 0 unspecified atom stereocenters. The molecule has 0 saturated heterocycles. The molecule has 1 amide bonds. The smallest absolute Gasteiger partial charge is 0.261 e. The van der Waals surface area contributed by atoms with Crippen LogP contribution in [0, 0.1) is 0 Å². The second-order valence-electron chi connectivity index (χ2n) is 4.38. The van der Waals surface area contributed by atoms with Gasteiger partial charge in [-0.25, -0.2) is 8.42 Å². The van der Waals surface area contributed by atoms with Gasteiger partial charge in [0, 0.05) is 27.3 Å². The van der Waals surface area contributed by atoms with Crippen molar-refractivity contribution in [3.05, 3.63) is 40.4 Å². The number of rotatable bonds is 7. The van der Waals surface area contributed by atoms with Crippen LogP contribution in [0.15, 0.2) is 39.7 Å². The van der Waals surface area contributed by atoms with E-state index in [1.54, 1.807) is 0 Å². The van der Waals surface area contributed by atoms with Gasteiger partial charge in [0.2, 0.25) is 0 Å². The third-order valence-electron chi connectivity index (χ3n) is 2.30. The van der Waals surface area contributed by atoms with Crippen molar-refractivity contribution in [2.24, 2.45) is 0 Å². The van der Waals surface area contributed by atoms with Gasteiger partial charge in [-0.2, -0.15) is 0 Å². The van der Waals surface area contributed by atoms with Crippen molar-refractivity contribution >= 4 is 41.6 Å². The maximum Gasteiger partial charge on any atom is 0.261 e. The summed E-state index contributed by atoms with van der Waals surface area (Å²) in [6.07, 6.45) is 0. The van der Waals surface area contributed by atoms with Crippen molar-refractivity contribution in [1.82, 2.24) is 5.32 Å². The van der Waals surface area contributed by atoms with Gasteiger partial charge in [0.15, 0.2) is 0 Å². The number of hydrogen-bond donors (Lipinski definition) is 1. The lowest BCUT2D eigenvalue weighted by Crippen LogP contribution is -2.27. The third kappa shape index (κ3) is 6.60. The first-order valence-corrected chi connectivity index (χ1v) is 9.06. The van der Waals surface area contributed by atoms with Gasteiger partial charge in [-0.05, 0) is 25.1 Å². The topological polar surface area (TPSA) is 72.5 Å². The lowest BCUT2D eigenvalue weighted by Gasteiger charge is -2.08. The molecule has 1 aromatic carbocycles. The molecular weight excluding hydrogens is 382 g/mol. The van der Waals surface area contributed by atoms with Crippen LogP contribution in [0.4, 0.5) is 0 Å². The number of ether oxygens (including phenoxy) is 1. The van der Waals surface area contributed by atoms with Crippen molar-refractivity contribution in [3.8, 4) is 0 Å². The van der Waals surface area contributed by atoms with Gasteiger partial charge < -0.3 is 10.1 Å². The van der Waals surface area contributed by atoms with Crippen molar-refractivity contribution in [2.75, 3.05) is 19.8 Å². The van der Waals surface area contributed by atoms with Crippen LogP contribution in [0.1, 0.15) is 17.3 Å². The number of carbonyl (C=O) groups excluding carboxylic acids is 1. The molecule has 116 valence electrons. The summed E-state index contributed by atoms with van der Waals surface area (Å²) in [6, 6.07) is 4.06. The molecule has 0 fully saturated rings. The van der Waals surface area contributed by atoms with E-state index < -0.39 is 15.0 Å². The van der Waals surface area contributed by atoms with Crippen LogP contribution >= 0.6 is 26.6 Å². The summed E-state index contributed by atoms with van der Waals surface area (Å²) >= 11 is 3.15. The predicted octanol–water partition coefficient (Wildman–Crippen LogP) is 2.70. The number of carbonyl (C=O) groups is 1. The van der Waals surface area contributed by atoms with E-state index in [1.807, 2.05) is 6.92 Å². The Hall–Kier alpha value is -0.890. The van der Waals surface area contributed by atoms with Gasteiger partial charge in [-0.1, -0.05) is 28.1 Å². The van der Waals surface area contributed by atoms with Crippen molar-refractivity contribution < 1.29 is 17.9 Å². The first kappa shape index (κ1) is 18.2. The molecule has 1 N–H and O–H groups in total. The molecule has 0 saturated carbocycles. The summed E-state index contributed by atoms with van der Waals surface area (Å²) in [4.78, 5) is 11.8. The molecule has 8 heteroatoms. The average molecular weight is 397 g/mol. The number of hydrogen-bond acceptors (Lipinski definition) is 4. The first-order valence-electron chi connectivity index (χ1n) is 5.95. The van der Waals surface area contributed by atoms with E-state index in [4.69, 9.17) is 15.4 Å². The van der Waals surface area contributed by atoms with Crippen LogP contribution in [0.25, 0.3) is 0 Å². The quantitative estimate of drug-likeness (QED) is 0.437. The normalized spacial score (nSPS) is 11.2. The highest BCUT2D eigenvalue weighted by atomic mass is 79.9. The third-order valence-corrected chi connectivity index (χ3v) is 4.09. The SMILES string of the molecule is C=C(C)COCCNC(=O)c1cc(Br)cc(S(=O)(=O)Cl)c1. The molecule has 1 aromatic rings. The molecule has 0 spiro atoms. The molecule has 0 aliphatic rings. The number of halogens is 2. The van der Waals surface area contributed by atoms with Gasteiger partial charge in [0.25, 0.3) is 15.0 Å². The van der Waals surface area contributed by atoms with Gasteiger partial charge in [-0.3, -0.25) is 4.79 Å². The molecule has 0 aliphatic carbocycles. The van der Waals surface area contributed by atoms with E-state index in [1.165, 1.54) is 18.2 Å². The second-order valence-corrected chi connectivity index (χ2v) is 7.86. The highest BCUT2D eigenvalue weighted by Crippen LogP contribution is 2.22. The molecule has 0 bridgehead atoms. The molecule has 0 radical (unpaired) electrons. The molecule has 0 heterocycles. The summed E-state index contributed by atoms with van der Waals surface area (Å²) in [7, 11) is 1.38. The minimum Gasteiger partial charge on any atom is -0.375 e. The zero-order valence-electron chi connectivity index (χ0n) is 11.4. The molecule has 0 aliphatic heterocycles. The average Bonchev–Trinajstić information content (AvgIpc) is 2.36. The van der Waals surface area contributed by atoms with Crippen molar-refractivity contribution in [3.63, 3.8) is 0 Å². The minimum absolute atomic E-state index is 0.137. The van der Waals surface area contributed by atoms with Gasteiger partial charge in [0.05, 0.1) is 18.1 Å². The van der Waals surface area contributed by atoms with Crippen molar-refractivity contribution in [2.45, 2.75) is 11.8 Å². The Morgan fingerprint density at radius 3 is 2.67 bits per heavy atom. The van der Waals surface area contributed by atoms with Gasteiger partial charge in [0.1, 0.15) is 0 Å². The molecule has 1 rings (SSSR count). The first-order chi connectivity index (χ1) is 9.70. The van der Waals surface area contributed by atoms with E-state index >= 15 is 0 Å². The van der Waals surface area contributed by atoms with Crippen LogP contribution in [-0.4, -0.2) is 34.1 Å². The van der Waals surface area contributed by atoms with Crippen LogP contribution < -0.4 is 5.32 Å². The highest BCUT2D eigenvalue weighted by molar-refractivity contribution is 9.10. The van der Waals surface area contributed by atoms with Crippen LogP contribution in [0.5, 0.6) is 0 Å². The van der Waals surface area contributed by atoms with E-state index in [9.17, 15) is 13.2 Å². The maximum atomic E-state index is 11.9. The van der Waals surface area contributed by atoms with E-state index in [2.05, 4.69) is 27.8 Å². The summed E-state index contributed by atoms with van der Waals surface area (Å²) in [6.45, 7) is 6.61. The Morgan fingerprint density at radius 2 is 2.10 bits per heavy atom. The maximum absolute atomic E-state index is 11.9. The summed E-state index contributed by atoms with van der Waals surface area (Å²) in [5.41, 5.74) is 1.09. The molecule has 0 aromatic heterocycles. The Balaban J connectivity index is 2.66.